The molecule has 1 atom stereocenters. The summed E-state index contributed by atoms with van der Waals surface area (Å²) < 4.78 is 0. The number of hydrogen-bond acceptors (Lipinski definition) is 5. The molecule has 7 nitrogen and oxygen atoms in total. The van der Waals surface area contributed by atoms with Crippen LogP contribution in [0.1, 0.15) is 16.9 Å². The quantitative estimate of drug-likeness (QED) is 0.880. The molecule has 24 heavy (non-hydrogen) atoms. The molecule has 0 spiro atoms. The van der Waals surface area contributed by atoms with E-state index in [1.165, 1.54) is 7.05 Å². The molecule has 0 aliphatic carbocycles. The molecule has 1 aromatic heterocycles. The van der Waals surface area contributed by atoms with E-state index in [2.05, 4.69) is 20.8 Å². The molecule has 0 radical (unpaired) electrons. The summed E-state index contributed by atoms with van der Waals surface area (Å²) in [4.78, 5) is 25.7. The minimum absolute atomic E-state index is 0.0468. The number of anilines is 2. The first-order valence-corrected chi connectivity index (χ1v) is 7.85. The van der Waals surface area contributed by atoms with Gasteiger partial charge < -0.3 is 15.5 Å². The predicted octanol–water partition coefficient (Wildman–Crippen LogP) is 1.71. The first kappa shape index (κ1) is 16.2. The second kappa shape index (κ2) is 6.84. The van der Waals surface area contributed by atoms with Gasteiger partial charge in [-0.2, -0.15) is 0 Å². The maximum atomic E-state index is 12.6. The molecule has 3 rings (SSSR count). The number of nitrogens with zero attached hydrogens (tertiary/aromatic N) is 3. The summed E-state index contributed by atoms with van der Waals surface area (Å²) in [7, 11) is 1.53. The summed E-state index contributed by atoms with van der Waals surface area (Å²) in [5.41, 5.74) is 0.999. The Morgan fingerprint density at radius 3 is 2.79 bits per heavy atom. The number of carbonyl (C=O) groups excluding carboxylic acids is 2. The Morgan fingerprint density at radius 2 is 2.12 bits per heavy atom. The van der Waals surface area contributed by atoms with E-state index in [-0.39, 0.29) is 23.6 Å². The van der Waals surface area contributed by atoms with Gasteiger partial charge in [-0.1, -0.05) is 17.7 Å². The van der Waals surface area contributed by atoms with Crippen molar-refractivity contribution in [2.75, 3.05) is 23.8 Å². The number of benzene rings is 1. The normalized spacial score (nSPS) is 17.0. The van der Waals surface area contributed by atoms with Crippen molar-refractivity contribution in [3.63, 3.8) is 0 Å². The molecule has 1 unspecified atom stereocenters. The van der Waals surface area contributed by atoms with Crippen LogP contribution in [0.2, 0.25) is 5.02 Å². The summed E-state index contributed by atoms with van der Waals surface area (Å²) in [5.74, 6) is 0.0986. The fourth-order valence-corrected chi connectivity index (χ4v) is 2.74. The molecule has 124 valence electrons. The zero-order valence-electron chi connectivity index (χ0n) is 13.0. The van der Waals surface area contributed by atoms with Gasteiger partial charge in [0.2, 0.25) is 5.91 Å². The highest BCUT2D eigenvalue weighted by molar-refractivity contribution is 6.31. The number of amides is 2. The van der Waals surface area contributed by atoms with Crippen molar-refractivity contribution >= 4 is 34.9 Å². The fraction of sp³-hybridized carbons (Fsp3) is 0.250. The third-order valence-electron chi connectivity index (χ3n) is 3.77. The first-order chi connectivity index (χ1) is 11.6. The molecule has 1 aromatic carbocycles. The van der Waals surface area contributed by atoms with Crippen LogP contribution in [0.3, 0.4) is 0 Å². The highest BCUT2D eigenvalue weighted by Gasteiger charge is 2.32. The molecule has 1 saturated heterocycles. The maximum Gasteiger partial charge on any atom is 0.271 e. The number of nitrogens with one attached hydrogen (secondary N) is 2. The zero-order valence-corrected chi connectivity index (χ0v) is 13.7. The van der Waals surface area contributed by atoms with Crippen molar-refractivity contribution in [1.82, 2.24) is 15.5 Å². The van der Waals surface area contributed by atoms with E-state index < -0.39 is 0 Å². The van der Waals surface area contributed by atoms with Gasteiger partial charge in [-0.05, 0) is 36.8 Å². The van der Waals surface area contributed by atoms with E-state index in [0.29, 0.717) is 23.8 Å². The monoisotopic (exact) mass is 345 g/mol. The molecular weight excluding hydrogens is 330 g/mol. The van der Waals surface area contributed by atoms with Gasteiger partial charge in [0, 0.05) is 24.3 Å². The Morgan fingerprint density at radius 1 is 1.29 bits per heavy atom. The van der Waals surface area contributed by atoms with Gasteiger partial charge in [-0.3, -0.25) is 9.59 Å². The van der Waals surface area contributed by atoms with Gasteiger partial charge >= 0.3 is 0 Å². The summed E-state index contributed by atoms with van der Waals surface area (Å²) in [6, 6.07) is 10.0. The fourth-order valence-electron chi connectivity index (χ4n) is 2.55. The summed E-state index contributed by atoms with van der Waals surface area (Å²) >= 11 is 5.98. The molecule has 2 amide bonds. The van der Waals surface area contributed by atoms with Crippen molar-refractivity contribution in [2.24, 2.45) is 0 Å². The van der Waals surface area contributed by atoms with E-state index in [1.54, 1.807) is 29.2 Å². The number of hydrogen-bond donors (Lipinski definition) is 2. The maximum absolute atomic E-state index is 12.6. The Balaban J connectivity index is 1.68. The summed E-state index contributed by atoms with van der Waals surface area (Å²) in [5, 5.41) is 13.9. The van der Waals surface area contributed by atoms with Crippen LogP contribution in [0.5, 0.6) is 0 Å². The molecule has 0 bridgehead atoms. The molecule has 8 heteroatoms. The zero-order chi connectivity index (χ0) is 17.1. The first-order valence-electron chi connectivity index (χ1n) is 7.48. The van der Waals surface area contributed by atoms with Crippen LogP contribution in [0.4, 0.5) is 11.5 Å². The summed E-state index contributed by atoms with van der Waals surface area (Å²) in [6.07, 6.45) is 0.643. The van der Waals surface area contributed by atoms with Gasteiger partial charge in [0.1, 0.15) is 11.9 Å². The standard InChI is InChI=1S/C16H16ClN5O2/c1-18-15(23)12-5-6-14(21-20-12)19-13-7-8-22(16(13)24)11-4-2-3-10(17)9-11/h2-6,9,13H,7-8H2,1H3,(H,18,23)(H,19,21). The molecule has 2 N–H and O–H groups in total. The molecule has 1 aliphatic heterocycles. The Bertz CT molecular complexity index is 765. The number of aromatic nitrogens is 2. The van der Waals surface area contributed by atoms with Gasteiger partial charge in [-0.25, -0.2) is 0 Å². The molecule has 1 fully saturated rings. The second-order valence-electron chi connectivity index (χ2n) is 5.34. The lowest BCUT2D eigenvalue weighted by Gasteiger charge is -2.17. The Labute approximate surface area is 144 Å². The van der Waals surface area contributed by atoms with Crippen molar-refractivity contribution in [3.05, 3.63) is 47.1 Å². The molecule has 2 heterocycles. The van der Waals surface area contributed by atoms with Crippen molar-refractivity contribution in [2.45, 2.75) is 12.5 Å². The Hall–Kier alpha value is -2.67. The molecule has 2 aromatic rings. The average molecular weight is 346 g/mol. The lowest BCUT2D eigenvalue weighted by Crippen LogP contribution is -2.33. The highest BCUT2D eigenvalue weighted by Crippen LogP contribution is 2.25. The predicted molar refractivity (Wildman–Crippen MR) is 91.3 cm³/mol. The summed E-state index contributed by atoms with van der Waals surface area (Å²) in [6.45, 7) is 0.598. The van der Waals surface area contributed by atoms with E-state index in [1.807, 2.05) is 12.1 Å². The molecule has 1 aliphatic rings. The van der Waals surface area contributed by atoms with Crippen LogP contribution in [0, 0.1) is 0 Å². The smallest absolute Gasteiger partial charge is 0.271 e. The van der Waals surface area contributed by atoms with Gasteiger partial charge in [0.05, 0.1) is 0 Å². The van der Waals surface area contributed by atoms with Crippen LogP contribution in [-0.4, -0.2) is 41.6 Å². The number of carbonyl (C=O) groups is 2. The van der Waals surface area contributed by atoms with Crippen LogP contribution >= 0.6 is 11.6 Å². The Kier molecular flexibility index (Phi) is 4.61. The topological polar surface area (TPSA) is 87.2 Å². The van der Waals surface area contributed by atoms with Crippen LogP contribution < -0.4 is 15.5 Å². The van der Waals surface area contributed by atoms with Crippen molar-refractivity contribution < 1.29 is 9.59 Å². The SMILES string of the molecule is CNC(=O)c1ccc(NC2CCN(c3cccc(Cl)c3)C2=O)nn1. The van der Waals surface area contributed by atoms with Gasteiger partial charge in [0.15, 0.2) is 5.69 Å². The van der Waals surface area contributed by atoms with Crippen molar-refractivity contribution in [1.29, 1.82) is 0 Å². The van der Waals surface area contributed by atoms with E-state index in [0.717, 1.165) is 5.69 Å². The third-order valence-corrected chi connectivity index (χ3v) is 4.01. The second-order valence-corrected chi connectivity index (χ2v) is 5.77. The van der Waals surface area contributed by atoms with Crippen LogP contribution in [-0.2, 0) is 4.79 Å². The minimum atomic E-state index is -0.385. The number of halogens is 1. The number of rotatable bonds is 4. The third kappa shape index (κ3) is 3.30. The van der Waals surface area contributed by atoms with Crippen LogP contribution in [0.15, 0.2) is 36.4 Å². The molecular formula is C16H16ClN5O2. The highest BCUT2D eigenvalue weighted by atomic mass is 35.5. The molecule has 0 saturated carbocycles. The average Bonchev–Trinajstić information content (AvgIpc) is 2.95. The minimum Gasteiger partial charge on any atom is -0.357 e. The van der Waals surface area contributed by atoms with Gasteiger partial charge in [-0.15, -0.1) is 10.2 Å². The van der Waals surface area contributed by atoms with E-state index in [9.17, 15) is 9.59 Å². The van der Waals surface area contributed by atoms with E-state index in [4.69, 9.17) is 11.6 Å². The van der Waals surface area contributed by atoms with E-state index >= 15 is 0 Å². The van der Waals surface area contributed by atoms with Crippen molar-refractivity contribution in [3.8, 4) is 0 Å². The lowest BCUT2D eigenvalue weighted by molar-refractivity contribution is -0.117. The lowest BCUT2D eigenvalue weighted by atomic mass is 10.2. The van der Waals surface area contributed by atoms with Crippen LogP contribution in [0.25, 0.3) is 0 Å². The largest absolute Gasteiger partial charge is 0.357 e. The van der Waals surface area contributed by atoms with Gasteiger partial charge in [0.25, 0.3) is 5.91 Å².